The fourth-order valence-corrected chi connectivity index (χ4v) is 8.54. The monoisotopic (exact) mass is 737 g/mol. The van der Waals surface area contributed by atoms with Crippen molar-refractivity contribution in [2.24, 2.45) is 0 Å². The van der Waals surface area contributed by atoms with Gasteiger partial charge in [-0.25, -0.2) is 15.0 Å². The van der Waals surface area contributed by atoms with Crippen molar-refractivity contribution in [3.05, 3.63) is 212 Å². The predicted octanol–water partition coefficient (Wildman–Crippen LogP) is 14.5. The molecule has 0 unspecified atom stereocenters. The number of rotatable bonds is 6. The zero-order valence-electron chi connectivity index (χ0n) is 31.5. The van der Waals surface area contributed by atoms with Crippen LogP contribution in [-0.2, 0) is 0 Å². The van der Waals surface area contributed by atoms with E-state index in [0.29, 0.717) is 17.5 Å². The van der Waals surface area contributed by atoms with Crippen LogP contribution in [0.15, 0.2) is 212 Å². The molecule has 0 aliphatic carbocycles. The second-order valence-electron chi connectivity index (χ2n) is 14.8. The molecule has 270 valence electrons. The van der Waals surface area contributed by atoms with Crippen LogP contribution in [-0.4, -0.2) is 15.0 Å². The fraction of sp³-hybridized carbons (Fsp3) is 0. The van der Waals surface area contributed by atoms with Crippen LogP contribution in [0.3, 0.4) is 0 Å². The minimum absolute atomic E-state index is 0.626. The van der Waals surface area contributed by atoms with Gasteiger partial charge in [0.05, 0.1) is 0 Å². The van der Waals surface area contributed by atoms with Crippen LogP contribution in [0.4, 0.5) is 0 Å². The number of aromatic nitrogens is 3. The SMILES string of the molecule is c1ccc(-c2nc(-c3cccc(-c4cccc(-c5c6ccccc6cc6c5ccc5ccccc56)c4)c3)nc(-c3ccccc3-c3cccc4ccccc34)n2)cc1. The summed E-state index contributed by atoms with van der Waals surface area (Å²) in [6.45, 7) is 0. The van der Waals surface area contributed by atoms with Crippen LogP contribution in [0.2, 0.25) is 0 Å². The van der Waals surface area contributed by atoms with Gasteiger partial charge in [0.2, 0.25) is 0 Å². The first-order valence-corrected chi connectivity index (χ1v) is 19.7. The van der Waals surface area contributed by atoms with E-state index >= 15 is 0 Å². The van der Waals surface area contributed by atoms with E-state index in [1.165, 1.54) is 54.2 Å². The lowest BCUT2D eigenvalue weighted by atomic mass is 9.89. The zero-order chi connectivity index (χ0) is 38.4. The van der Waals surface area contributed by atoms with E-state index in [1.54, 1.807) is 0 Å². The van der Waals surface area contributed by atoms with Crippen molar-refractivity contribution < 1.29 is 0 Å². The maximum atomic E-state index is 5.24. The molecule has 0 bridgehead atoms. The number of hydrogen-bond acceptors (Lipinski definition) is 3. The van der Waals surface area contributed by atoms with Crippen molar-refractivity contribution in [3.8, 4) is 67.5 Å². The Morgan fingerprint density at radius 1 is 0.224 bits per heavy atom. The minimum atomic E-state index is 0.626. The van der Waals surface area contributed by atoms with Crippen molar-refractivity contribution in [2.75, 3.05) is 0 Å². The number of benzene rings is 10. The fourth-order valence-electron chi connectivity index (χ4n) is 8.54. The molecule has 3 heteroatoms. The third-order valence-corrected chi connectivity index (χ3v) is 11.3. The van der Waals surface area contributed by atoms with E-state index < -0.39 is 0 Å². The highest BCUT2D eigenvalue weighted by atomic mass is 15.0. The smallest absolute Gasteiger partial charge is 0.164 e. The first-order valence-electron chi connectivity index (χ1n) is 19.7. The van der Waals surface area contributed by atoms with Gasteiger partial charge in [-0.15, -0.1) is 0 Å². The van der Waals surface area contributed by atoms with E-state index in [-0.39, 0.29) is 0 Å². The molecule has 0 aliphatic rings. The quantitative estimate of drug-likeness (QED) is 0.126. The van der Waals surface area contributed by atoms with Crippen molar-refractivity contribution in [1.82, 2.24) is 15.0 Å². The van der Waals surface area contributed by atoms with Crippen LogP contribution < -0.4 is 0 Å². The summed E-state index contributed by atoms with van der Waals surface area (Å²) in [6.07, 6.45) is 0. The molecule has 1 aromatic heterocycles. The average molecular weight is 738 g/mol. The normalized spacial score (nSPS) is 11.4. The van der Waals surface area contributed by atoms with Crippen LogP contribution in [0.5, 0.6) is 0 Å². The summed E-state index contributed by atoms with van der Waals surface area (Å²) in [5, 5.41) is 9.88. The minimum Gasteiger partial charge on any atom is -0.208 e. The molecular weight excluding hydrogens is 703 g/mol. The van der Waals surface area contributed by atoms with E-state index in [2.05, 4.69) is 194 Å². The molecule has 1 heterocycles. The van der Waals surface area contributed by atoms with Gasteiger partial charge in [0.1, 0.15) is 0 Å². The summed E-state index contributed by atoms with van der Waals surface area (Å²) < 4.78 is 0. The molecule has 3 nitrogen and oxygen atoms in total. The molecule has 0 N–H and O–H groups in total. The van der Waals surface area contributed by atoms with E-state index in [9.17, 15) is 0 Å². The molecule has 0 spiro atoms. The lowest BCUT2D eigenvalue weighted by molar-refractivity contribution is 1.07. The van der Waals surface area contributed by atoms with Crippen LogP contribution >= 0.6 is 0 Å². The zero-order valence-corrected chi connectivity index (χ0v) is 31.5. The Morgan fingerprint density at radius 3 is 1.52 bits per heavy atom. The highest BCUT2D eigenvalue weighted by Crippen LogP contribution is 2.41. The molecule has 58 heavy (non-hydrogen) atoms. The van der Waals surface area contributed by atoms with Gasteiger partial charge in [0.25, 0.3) is 0 Å². The summed E-state index contributed by atoms with van der Waals surface area (Å²) in [6, 6.07) is 75.4. The van der Waals surface area contributed by atoms with E-state index in [0.717, 1.165) is 38.9 Å². The number of nitrogens with zero attached hydrogens (tertiary/aromatic N) is 3. The van der Waals surface area contributed by atoms with Crippen molar-refractivity contribution in [2.45, 2.75) is 0 Å². The Bertz CT molecular complexity index is 3340. The summed E-state index contributed by atoms with van der Waals surface area (Å²) in [5.74, 6) is 1.90. The Morgan fingerprint density at radius 2 is 0.724 bits per heavy atom. The molecule has 0 fully saturated rings. The Kier molecular flexibility index (Phi) is 8.15. The Balaban J connectivity index is 1.06. The standard InChI is InChI=1S/C55H35N3/c1-2-17-38(18-3-1)53-56-54(58-55(57-53)50-29-11-10-28-48(50)47-30-14-20-36-15-4-7-25-44(36)47)43-24-13-22-40(34-43)39-21-12-23-42(33-39)52-46-27-9-6-19-41(46)35-51-45-26-8-5-16-37(45)31-32-49(51)52/h1-35H. The molecular formula is C55H35N3. The Hall–Kier alpha value is -7.75. The lowest BCUT2D eigenvalue weighted by Crippen LogP contribution is -2.01. The maximum absolute atomic E-state index is 5.24. The summed E-state index contributed by atoms with van der Waals surface area (Å²) in [5.41, 5.74) is 9.69. The van der Waals surface area contributed by atoms with E-state index in [1.807, 2.05) is 18.2 Å². The molecule has 0 atom stereocenters. The molecule has 10 aromatic carbocycles. The summed E-state index contributed by atoms with van der Waals surface area (Å²) in [7, 11) is 0. The van der Waals surface area contributed by atoms with Gasteiger partial charge in [0, 0.05) is 16.7 Å². The molecule has 11 rings (SSSR count). The third-order valence-electron chi connectivity index (χ3n) is 11.3. The predicted molar refractivity (Wildman–Crippen MR) is 242 cm³/mol. The first kappa shape index (κ1) is 33.6. The highest BCUT2D eigenvalue weighted by Gasteiger charge is 2.18. The molecule has 0 radical (unpaired) electrons. The Labute approximate surface area is 336 Å². The largest absolute Gasteiger partial charge is 0.208 e. The number of hydrogen-bond donors (Lipinski definition) is 0. The third kappa shape index (κ3) is 5.89. The maximum Gasteiger partial charge on any atom is 0.164 e. The van der Waals surface area contributed by atoms with Gasteiger partial charge in [-0.1, -0.05) is 194 Å². The summed E-state index contributed by atoms with van der Waals surface area (Å²) >= 11 is 0. The topological polar surface area (TPSA) is 38.7 Å². The second-order valence-corrected chi connectivity index (χ2v) is 14.8. The number of fused-ring (bicyclic) bond motifs is 5. The summed E-state index contributed by atoms with van der Waals surface area (Å²) in [4.78, 5) is 15.5. The van der Waals surface area contributed by atoms with Crippen LogP contribution in [0, 0.1) is 0 Å². The molecule has 0 aliphatic heterocycles. The van der Waals surface area contributed by atoms with Crippen molar-refractivity contribution in [1.29, 1.82) is 0 Å². The molecule has 0 amide bonds. The lowest BCUT2D eigenvalue weighted by Gasteiger charge is -2.15. The van der Waals surface area contributed by atoms with Gasteiger partial charge in [0.15, 0.2) is 17.5 Å². The van der Waals surface area contributed by atoms with E-state index in [4.69, 9.17) is 15.0 Å². The first-order chi connectivity index (χ1) is 28.7. The average Bonchev–Trinajstić information content (AvgIpc) is 3.31. The molecule has 0 saturated carbocycles. The van der Waals surface area contributed by atoms with Crippen molar-refractivity contribution >= 4 is 43.1 Å². The van der Waals surface area contributed by atoms with Crippen LogP contribution in [0.1, 0.15) is 0 Å². The van der Waals surface area contributed by atoms with Gasteiger partial charge in [-0.2, -0.15) is 0 Å². The second kappa shape index (κ2) is 14.1. The molecule has 11 aromatic rings. The van der Waals surface area contributed by atoms with Crippen molar-refractivity contribution in [3.63, 3.8) is 0 Å². The van der Waals surface area contributed by atoms with Gasteiger partial charge < -0.3 is 0 Å². The van der Waals surface area contributed by atoms with Gasteiger partial charge in [-0.05, 0) is 94.7 Å². The van der Waals surface area contributed by atoms with Crippen LogP contribution in [0.25, 0.3) is 111 Å². The van der Waals surface area contributed by atoms with Gasteiger partial charge in [-0.3, -0.25) is 0 Å². The molecule has 0 saturated heterocycles. The van der Waals surface area contributed by atoms with Gasteiger partial charge >= 0.3 is 0 Å². The highest BCUT2D eigenvalue weighted by molar-refractivity contribution is 6.20.